The molecule has 0 spiro atoms. The lowest BCUT2D eigenvalue weighted by Gasteiger charge is -2.32. The molecule has 0 bridgehead atoms. The molecule has 0 saturated carbocycles. The first-order valence-corrected chi connectivity index (χ1v) is 11.0. The molecule has 0 saturated heterocycles. The minimum absolute atomic E-state index is 0.365. The molecule has 1 aromatic carbocycles. The van der Waals surface area contributed by atoms with Gasteiger partial charge in [0.15, 0.2) is 0 Å². The Kier molecular flexibility index (Phi) is 10.3. The molecule has 4 nitrogen and oxygen atoms in total. The van der Waals surface area contributed by atoms with Gasteiger partial charge < -0.3 is 5.11 Å². The number of rotatable bonds is 11. The van der Waals surface area contributed by atoms with Gasteiger partial charge in [0.2, 0.25) is 0 Å². The van der Waals surface area contributed by atoms with E-state index < -0.39 is 23.5 Å². The van der Waals surface area contributed by atoms with Crippen LogP contribution in [0.4, 0.5) is 32.0 Å². The smallest absolute Gasteiger partial charge is 0.369 e. The number of hydrogen-bond acceptors (Lipinski definition) is 1. The molecule has 0 aliphatic heterocycles. The molecule has 0 aliphatic rings. The molecular formula is C22H34F6N3O+. The van der Waals surface area contributed by atoms with Crippen molar-refractivity contribution < 1.29 is 36.0 Å². The fraction of sp³-hybridized carbons (Fsp3) is 0.682. The van der Waals surface area contributed by atoms with E-state index in [1.807, 2.05) is 25.3 Å². The van der Waals surface area contributed by atoms with Gasteiger partial charge in [-0.15, -0.1) is 0 Å². The summed E-state index contributed by atoms with van der Waals surface area (Å²) < 4.78 is 81.0. The number of unbranched alkanes of at least 4 members (excludes halogenated alkanes) is 3. The predicted octanol–water partition coefficient (Wildman–Crippen LogP) is 5.53. The number of aliphatic hydroxyl groups is 1. The molecule has 1 aromatic rings. The van der Waals surface area contributed by atoms with Gasteiger partial charge in [-0.1, -0.05) is 52.2 Å². The molecule has 0 aromatic heterocycles. The number of guanidine groups is 1. The summed E-state index contributed by atoms with van der Waals surface area (Å²) in [5.74, 6) is 0.412. The van der Waals surface area contributed by atoms with Crippen LogP contribution in [-0.4, -0.2) is 47.6 Å². The van der Waals surface area contributed by atoms with Crippen molar-refractivity contribution in [1.29, 1.82) is 0 Å². The van der Waals surface area contributed by atoms with E-state index in [9.17, 15) is 31.4 Å². The second-order valence-electron chi connectivity index (χ2n) is 7.81. The van der Waals surface area contributed by atoms with Crippen LogP contribution in [0, 0.1) is 0 Å². The molecule has 1 rings (SSSR count). The van der Waals surface area contributed by atoms with E-state index in [1.54, 1.807) is 4.90 Å². The Hall–Kier alpha value is -1.97. The van der Waals surface area contributed by atoms with Gasteiger partial charge in [0.1, 0.15) is 5.69 Å². The zero-order valence-electron chi connectivity index (χ0n) is 18.9. The van der Waals surface area contributed by atoms with E-state index in [1.165, 1.54) is 0 Å². The third kappa shape index (κ3) is 6.52. The number of alkyl halides is 6. The Morgan fingerprint density at radius 2 is 1.28 bits per heavy atom. The third-order valence-corrected chi connectivity index (χ3v) is 5.32. The number of nitrogens with two attached hydrogens (primary N) is 1. The maximum absolute atomic E-state index is 13.2. The fourth-order valence-electron chi connectivity index (χ4n) is 3.27. The maximum atomic E-state index is 13.2. The normalized spacial score (nSPS) is 12.7. The molecule has 32 heavy (non-hydrogen) atoms. The number of hydrogen-bond donors (Lipinski definition) is 2. The molecular weight excluding hydrogens is 436 g/mol. The summed E-state index contributed by atoms with van der Waals surface area (Å²) in [5, 5.41) is 9.62. The summed E-state index contributed by atoms with van der Waals surface area (Å²) in [5.41, 5.74) is 0.567. The predicted molar refractivity (Wildman–Crippen MR) is 114 cm³/mol. The zero-order valence-corrected chi connectivity index (χ0v) is 18.9. The van der Waals surface area contributed by atoms with Gasteiger partial charge in [-0.25, -0.2) is 4.90 Å². The molecule has 3 N–H and O–H groups in total. The Bertz CT molecular complexity index is 705. The summed E-state index contributed by atoms with van der Waals surface area (Å²) in [6.45, 7) is 7.92. The second kappa shape index (κ2) is 11.8. The number of nitrogens with zero attached hydrogens (tertiary/aromatic N) is 2. The van der Waals surface area contributed by atoms with Crippen molar-refractivity contribution in [3.8, 4) is 0 Å². The second-order valence-corrected chi connectivity index (χ2v) is 7.81. The lowest BCUT2D eigenvalue weighted by atomic mass is 9.92. The van der Waals surface area contributed by atoms with Crippen molar-refractivity contribution in [2.75, 3.05) is 24.5 Å². The SMILES string of the molecule is CCCCN(C(N)=[N+](CCCC)CCCC)c1ccc(C(O)(C(F)(F)F)C(F)(F)F)cc1. The van der Waals surface area contributed by atoms with Crippen LogP contribution in [0.5, 0.6) is 0 Å². The lowest BCUT2D eigenvalue weighted by Crippen LogP contribution is -2.53. The largest absolute Gasteiger partial charge is 0.430 e. The summed E-state index contributed by atoms with van der Waals surface area (Å²) in [4.78, 5) is 1.71. The van der Waals surface area contributed by atoms with E-state index in [0.717, 1.165) is 50.7 Å². The van der Waals surface area contributed by atoms with Crippen LogP contribution < -0.4 is 10.6 Å². The zero-order chi connectivity index (χ0) is 24.6. The third-order valence-electron chi connectivity index (χ3n) is 5.32. The van der Waals surface area contributed by atoms with Crippen molar-refractivity contribution in [2.24, 2.45) is 5.73 Å². The Labute approximate surface area is 185 Å². The fourth-order valence-corrected chi connectivity index (χ4v) is 3.27. The van der Waals surface area contributed by atoms with Crippen LogP contribution in [0.15, 0.2) is 24.3 Å². The minimum Gasteiger partial charge on any atom is -0.369 e. The van der Waals surface area contributed by atoms with Crippen LogP contribution in [-0.2, 0) is 5.60 Å². The summed E-state index contributed by atoms with van der Waals surface area (Å²) in [6, 6.07) is 3.59. The van der Waals surface area contributed by atoms with Crippen molar-refractivity contribution in [3.63, 3.8) is 0 Å². The van der Waals surface area contributed by atoms with Gasteiger partial charge in [0, 0.05) is 5.56 Å². The molecule has 0 amide bonds. The monoisotopic (exact) mass is 470 g/mol. The van der Waals surface area contributed by atoms with Crippen molar-refractivity contribution >= 4 is 11.6 Å². The first-order chi connectivity index (χ1) is 14.8. The average molecular weight is 471 g/mol. The molecule has 0 aliphatic carbocycles. The van der Waals surface area contributed by atoms with Crippen molar-refractivity contribution in [3.05, 3.63) is 29.8 Å². The van der Waals surface area contributed by atoms with Gasteiger partial charge >= 0.3 is 18.3 Å². The van der Waals surface area contributed by atoms with Crippen LogP contribution in [0.3, 0.4) is 0 Å². The van der Waals surface area contributed by atoms with Crippen LogP contribution in [0.1, 0.15) is 64.9 Å². The van der Waals surface area contributed by atoms with E-state index >= 15 is 0 Å². The molecule has 0 atom stereocenters. The molecule has 0 fully saturated rings. The number of benzene rings is 1. The Morgan fingerprint density at radius 3 is 1.66 bits per heavy atom. The summed E-state index contributed by atoms with van der Waals surface area (Å²) >= 11 is 0. The van der Waals surface area contributed by atoms with Gasteiger partial charge in [-0.2, -0.15) is 26.3 Å². The molecule has 10 heteroatoms. The number of halogens is 6. The highest BCUT2D eigenvalue weighted by Crippen LogP contribution is 2.50. The minimum atomic E-state index is -5.92. The number of anilines is 1. The van der Waals surface area contributed by atoms with E-state index in [0.29, 0.717) is 43.4 Å². The highest BCUT2D eigenvalue weighted by atomic mass is 19.4. The van der Waals surface area contributed by atoms with Crippen LogP contribution in [0.25, 0.3) is 0 Å². The van der Waals surface area contributed by atoms with E-state index in [4.69, 9.17) is 5.73 Å². The lowest BCUT2D eigenvalue weighted by molar-refractivity contribution is -0.530. The van der Waals surface area contributed by atoms with Gasteiger partial charge in [0.25, 0.3) is 5.60 Å². The molecule has 0 heterocycles. The first-order valence-electron chi connectivity index (χ1n) is 11.0. The van der Waals surface area contributed by atoms with E-state index in [2.05, 4.69) is 0 Å². The van der Waals surface area contributed by atoms with E-state index in [-0.39, 0.29) is 0 Å². The maximum Gasteiger partial charge on any atom is 0.430 e. The van der Waals surface area contributed by atoms with Crippen molar-refractivity contribution in [1.82, 2.24) is 0 Å². The molecule has 184 valence electrons. The van der Waals surface area contributed by atoms with Crippen LogP contribution >= 0.6 is 0 Å². The van der Waals surface area contributed by atoms with Crippen LogP contribution in [0.2, 0.25) is 0 Å². The van der Waals surface area contributed by atoms with Crippen molar-refractivity contribution in [2.45, 2.75) is 77.2 Å². The van der Waals surface area contributed by atoms with Gasteiger partial charge in [0.05, 0.1) is 19.6 Å². The quantitative estimate of drug-likeness (QED) is 0.193. The topological polar surface area (TPSA) is 52.5 Å². The molecule has 0 unspecified atom stereocenters. The van der Waals surface area contributed by atoms with Gasteiger partial charge in [-0.05, 0) is 31.4 Å². The molecule has 0 radical (unpaired) electrons. The highest BCUT2D eigenvalue weighted by molar-refractivity contribution is 5.91. The Balaban J connectivity index is 3.44. The summed E-state index contributed by atoms with van der Waals surface area (Å²) in [6.07, 6.45) is -6.58. The first kappa shape index (κ1) is 28.1. The van der Waals surface area contributed by atoms with Gasteiger partial charge in [-0.3, -0.25) is 10.3 Å². The average Bonchev–Trinajstić information content (AvgIpc) is 2.72. The Morgan fingerprint density at radius 1 is 0.844 bits per heavy atom. The standard InChI is InChI=1S/C22H33F6N3O/c1-4-7-14-30(15-8-5-2)19(29)31(16-9-6-3)18-12-10-17(11-13-18)20(32,21(23,24)25)22(26,27)28/h10-13,29,32H,4-9,14-16H2,1-3H3/p+1. The summed E-state index contributed by atoms with van der Waals surface area (Å²) in [7, 11) is 0. The highest BCUT2D eigenvalue weighted by Gasteiger charge is 2.71.